The quantitative estimate of drug-likeness (QED) is 0.683. The van der Waals surface area contributed by atoms with Crippen LogP contribution in [0.3, 0.4) is 0 Å². The zero-order chi connectivity index (χ0) is 13.2. The molecule has 3 rings (SSSR count). The van der Waals surface area contributed by atoms with E-state index in [1.165, 1.54) is 0 Å². The lowest BCUT2D eigenvalue weighted by atomic mass is 10.1. The van der Waals surface area contributed by atoms with Gasteiger partial charge in [-0.2, -0.15) is 0 Å². The second-order valence-electron chi connectivity index (χ2n) is 4.37. The molecule has 94 valence electrons. The Kier molecular flexibility index (Phi) is 3.18. The number of nitrogens with zero attached hydrogens (tertiary/aromatic N) is 2. The average Bonchev–Trinajstić information content (AvgIpc) is 2.47. The largest absolute Gasteiger partial charge is 0.233 e. The Morgan fingerprint density at radius 3 is 2.53 bits per heavy atom. The van der Waals surface area contributed by atoms with Crippen LogP contribution in [-0.2, 0) is 6.42 Å². The Labute approximate surface area is 117 Å². The first kappa shape index (κ1) is 12.1. The Morgan fingerprint density at radius 1 is 1.00 bits per heavy atom. The van der Waals surface area contributed by atoms with Gasteiger partial charge >= 0.3 is 0 Å². The molecule has 0 amide bonds. The summed E-state index contributed by atoms with van der Waals surface area (Å²) >= 11 is 6.10. The van der Waals surface area contributed by atoms with Gasteiger partial charge in [-0.3, -0.25) is 0 Å². The van der Waals surface area contributed by atoms with Crippen LogP contribution in [0.25, 0.3) is 22.2 Å². The molecule has 2 nitrogen and oxygen atoms in total. The van der Waals surface area contributed by atoms with Gasteiger partial charge in [-0.25, -0.2) is 9.97 Å². The molecule has 0 saturated heterocycles. The van der Waals surface area contributed by atoms with Crippen LogP contribution in [0.5, 0.6) is 0 Å². The third-order valence-electron chi connectivity index (χ3n) is 3.07. The smallest absolute Gasteiger partial charge is 0.129 e. The fourth-order valence-corrected chi connectivity index (χ4v) is 2.30. The molecule has 1 heterocycles. The highest BCUT2D eigenvalue weighted by Gasteiger charge is 2.09. The lowest BCUT2D eigenvalue weighted by Crippen LogP contribution is -1.97. The SMILES string of the molecule is CCc1nc(-c2ccccc2)c2cc(Cl)ccc2n1. The van der Waals surface area contributed by atoms with Crippen LogP contribution in [0.2, 0.25) is 5.02 Å². The number of hydrogen-bond donors (Lipinski definition) is 0. The summed E-state index contributed by atoms with van der Waals surface area (Å²) in [5.74, 6) is 0.855. The van der Waals surface area contributed by atoms with Crippen molar-refractivity contribution in [3.8, 4) is 11.3 Å². The van der Waals surface area contributed by atoms with Crippen LogP contribution in [0.15, 0.2) is 48.5 Å². The zero-order valence-corrected chi connectivity index (χ0v) is 11.4. The molecule has 3 heteroatoms. The summed E-state index contributed by atoms with van der Waals surface area (Å²) in [5, 5.41) is 1.70. The van der Waals surface area contributed by atoms with Crippen molar-refractivity contribution in [1.29, 1.82) is 0 Å². The number of aromatic nitrogens is 2. The van der Waals surface area contributed by atoms with Crippen molar-refractivity contribution in [3.63, 3.8) is 0 Å². The number of benzene rings is 2. The first-order valence-electron chi connectivity index (χ1n) is 6.29. The molecule has 2 aromatic carbocycles. The van der Waals surface area contributed by atoms with Crippen LogP contribution in [-0.4, -0.2) is 9.97 Å². The molecular formula is C16H13ClN2. The van der Waals surface area contributed by atoms with E-state index in [0.717, 1.165) is 34.4 Å². The summed E-state index contributed by atoms with van der Waals surface area (Å²) in [6.07, 6.45) is 0.818. The van der Waals surface area contributed by atoms with Gasteiger partial charge in [-0.05, 0) is 18.2 Å². The first-order valence-corrected chi connectivity index (χ1v) is 6.67. The van der Waals surface area contributed by atoms with Crippen molar-refractivity contribution in [2.75, 3.05) is 0 Å². The van der Waals surface area contributed by atoms with Crippen molar-refractivity contribution in [1.82, 2.24) is 9.97 Å². The number of hydrogen-bond acceptors (Lipinski definition) is 2. The molecule has 1 aromatic heterocycles. The van der Waals surface area contributed by atoms with Gasteiger partial charge in [0.1, 0.15) is 5.82 Å². The van der Waals surface area contributed by atoms with E-state index >= 15 is 0 Å². The molecular weight excluding hydrogens is 256 g/mol. The van der Waals surface area contributed by atoms with E-state index in [2.05, 4.69) is 29.0 Å². The van der Waals surface area contributed by atoms with Gasteiger partial charge in [0, 0.05) is 22.4 Å². The van der Waals surface area contributed by atoms with Gasteiger partial charge in [-0.1, -0.05) is 48.9 Å². The third kappa shape index (κ3) is 2.32. The van der Waals surface area contributed by atoms with Gasteiger partial charge in [0.25, 0.3) is 0 Å². The minimum absolute atomic E-state index is 0.706. The Bertz CT molecular complexity index is 723. The number of aryl methyl sites for hydroxylation is 1. The molecule has 0 saturated carbocycles. The van der Waals surface area contributed by atoms with Crippen molar-refractivity contribution in [2.45, 2.75) is 13.3 Å². The molecule has 3 aromatic rings. The van der Waals surface area contributed by atoms with Gasteiger partial charge in [-0.15, -0.1) is 0 Å². The molecule has 0 aliphatic rings. The van der Waals surface area contributed by atoms with Gasteiger partial charge in [0.2, 0.25) is 0 Å². The first-order chi connectivity index (χ1) is 9.28. The fourth-order valence-electron chi connectivity index (χ4n) is 2.12. The average molecular weight is 269 g/mol. The highest BCUT2D eigenvalue weighted by Crippen LogP contribution is 2.28. The maximum absolute atomic E-state index is 6.10. The Balaban J connectivity index is 2.35. The minimum atomic E-state index is 0.706. The second kappa shape index (κ2) is 4.98. The van der Waals surface area contributed by atoms with E-state index in [9.17, 15) is 0 Å². The Morgan fingerprint density at radius 2 is 1.79 bits per heavy atom. The Hall–Kier alpha value is -1.93. The number of rotatable bonds is 2. The van der Waals surface area contributed by atoms with Gasteiger partial charge in [0.15, 0.2) is 0 Å². The van der Waals surface area contributed by atoms with Crippen LogP contribution in [0, 0.1) is 0 Å². The summed E-state index contributed by atoms with van der Waals surface area (Å²) in [7, 11) is 0. The monoisotopic (exact) mass is 268 g/mol. The normalized spacial score (nSPS) is 10.8. The van der Waals surface area contributed by atoms with Crippen LogP contribution < -0.4 is 0 Å². The maximum Gasteiger partial charge on any atom is 0.129 e. The maximum atomic E-state index is 6.10. The van der Waals surface area contributed by atoms with E-state index in [0.29, 0.717) is 5.02 Å². The predicted octanol–water partition coefficient (Wildman–Crippen LogP) is 4.51. The van der Waals surface area contributed by atoms with E-state index in [1.807, 2.05) is 36.4 Å². The van der Waals surface area contributed by atoms with Crippen molar-refractivity contribution >= 4 is 22.5 Å². The second-order valence-corrected chi connectivity index (χ2v) is 4.81. The van der Waals surface area contributed by atoms with Crippen LogP contribution in [0.1, 0.15) is 12.7 Å². The van der Waals surface area contributed by atoms with Crippen LogP contribution in [0.4, 0.5) is 0 Å². The molecule has 0 unspecified atom stereocenters. The van der Waals surface area contributed by atoms with Gasteiger partial charge < -0.3 is 0 Å². The zero-order valence-electron chi connectivity index (χ0n) is 10.6. The van der Waals surface area contributed by atoms with Crippen molar-refractivity contribution < 1.29 is 0 Å². The van der Waals surface area contributed by atoms with E-state index in [1.54, 1.807) is 0 Å². The van der Waals surface area contributed by atoms with E-state index < -0.39 is 0 Å². The molecule has 19 heavy (non-hydrogen) atoms. The summed E-state index contributed by atoms with van der Waals surface area (Å²) in [4.78, 5) is 9.21. The summed E-state index contributed by atoms with van der Waals surface area (Å²) in [5.41, 5.74) is 2.98. The van der Waals surface area contributed by atoms with E-state index in [4.69, 9.17) is 11.6 Å². The molecule has 0 spiro atoms. The fraction of sp³-hybridized carbons (Fsp3) is 0.125. The lowest BCUT2D eigenvalue weighted by Gasteiger charge is -2.08. The number of halogens is 1. The predicted molar refractivity (Wildman–Crippen MR) is 79.4 cm³/mol. The van der Waals surface area contributed by atoms with Gasteiger partial charge in [0.05, 0.1) is 11.2 Å². The highest BCUT2D eigenvalue weighted by atomic mass is 35.5. The molecule has 0 bridgehead atoms. The highest BCUT2D eigenvalue weighted by molar-refractivity contribution is 6.31. The van der Waals surface area contributed by atoms with Crippen LogP contribution >= 0.6 is 11.6 Å². The molecule has 0 atom stereocenters. The molecule has 0 N–H and O–H groups in total. The summed E-state index contributed by atoms with van der Waals surface area (Å²) < 4.78 is 0. The topological polar surface area (TPSA) is 25.8 Å². The third-order valence-corrected chi connectivity index (χ3v) is 3.30. The number of fused-ring (bicyclic) bond motifs is 1. The minimum Gasteiger partial charge on any atom is -0.233 e. The van der Waals surface area contributed by atoms with Crippen molar-refractivity contribution in [2.24, 2.45) is 0 Å². The molecule has 0 fully saturated rings. The lowest BCUT2D eigenvalue weighted by molar-refractivity contribution is 0.964. The molecule has 0 aliphatic carbocycles. The standard InChI is InChI=1S/C16H13ClN2/c1-2-15-18-14-9-8-12(17)10-13(14)16(19-15)11-6-4-3-5-7-11/h3-10H,2H2,1H3. The summed E-state index contributed by atoms with van der Waals surface area (Å²) in [6.45, 7) is 2.06. The molecule has 0 radical (unpaired) electrons. The van der Waals surface area contributed by atoms with E-state index in [-0.39, 0.29) is 0 Å². The molecule has 0 aliphatic heterocycles. The summed E-state index contributed by atoms with van der Waals surface area (Å²) in [6, 6.07) is 15.9. The van der Waals surface area contributed by atoms with Crippen molar-refractivity contribution in [3.05, 3.63) is 59.4 Å².